The van der Waals surface area contributed by atoms with E-state index in [1.54, 1.807) is 0 Å². The summed E-state index contributed by atoms with van der Waals surface area (Å²) >= 11 is 0. The second kappa shape index (κ2) is 4.16. The Morgan fingerprint density at radius 2 is 2.00 bits per heavy atom. The van der Waals surface area contributed by atoms with E-state index in [9.17, 15) is 0 Å². The highest BCUT2D eigenvalue weighted by molar-refractivity contribution is 5.65. The average Bonchev–Trinajstić information content (AvgIpc) is 2.30. The van der Waals surface area contributed by atoms with Gasteiger partial charge in [0.1, 0.15) is 7.05 Å². The van der Waals surface area contributed by atoms with Gasteiger partial charge in [-0.25, -0.2) is 9.41 Å². The van der Waals surface area contributed by atoms with Gasteiger partial charge in [-0.15, -0.1) is 0 Å². The van der Waals surface area contributed by atoms with Crippen molar-refractivity contribution in [3.8, 4) is 11.3 Å². The molecule has 2 heteroatoms. The standard InChI is InChI=1S/C14H13N2/c1-11-10-12(15-2)7-8-13(11)14-6-4-5-9-16(14)3/h4-10H,1,3H3/q+1. The second-order valence-electron chi connectivity index (χ2n) is 3.81. The van der Waals surface area contributed by atoms with Crippen LogP contribution in [0.15, 0.2) is 42.6 Å². The average molecular weight is 209 g/mol. The van der Waals surface area contributed by atoms with Gasteiger partial charge in [-0.05, 0) is 18.6 Å². The van der Waals surface area contributed by atoms with Crippen molar-refractivity contribution >= 4 is 5.69 Å². The molecule has 0 saturated heterocycles. The van der Waals surface area contributed by atoms with E-state index in [0.717, 1.165) is 11.3 Å². The smallest absolute Gasteiger partial charge is 0.212 e. The molecular weight excluding hydrogens is 196 g/mol. The fraction of sp³-hybridized carbons (Fsp3) is 0.143. The Hall–Kier alpha value is -2.14. The van der Waals surface area contributed by atoms with Crippen LogP contribution < -0.4 is 4.57 Å². The molecule has 0 aliphatic heterocycles. The summed E-state index contributed by atoms with van der Waals surface area (Å²) in [4.78, 5) is 3.43. The maximum absolute atomic E-state index is 6.98. The molecule has 2 aromatic rings. The van der Waals surface area contributed by atoms with Gasteiger partial charge in [-0.2, -0.15) is 0 Å². The zero-order valence-corrected chi connectivity index (χ0v) is 9.44. The number of pyridine rings is 1. The molecule has 0 amide bonds. The van der Waals surface area contributed by atoms with E-state index in [4.69, 9.17) is 6.57 Å². The van der Waals surface area contributed by atoms with Crippen LogP contribution in [0, 0.1) is 13.5 Å². The number of aryl methyl sites for hydroxylation is 2. The summed E-state index contributed by atoms with van der Waals surface area (Å²) in [5.41, 5.74) is 4.17. The van der Waals surface area contributed by atoms with Crippen molar-refractivity contribution in [1.29, 1.82) is 0 Å². The highest BCUT2D eigenvalue weighted by Gasteiger charge is 2.10. The first kappa shape index (κ1) is 10.4. The predicted octanol–water partition coefficient (Wildman–Crippen LogP) is 3.04. The monoisotopic (exact) mass is 209 g/mol. The second-order valence-corrected chi connectivity index (χ2v) is 3.81. The summed E-state index contributed by atoms with van der Waals surface area (Å²) in [7, 11) is 2.03. The molecule has 1 aromatic carbocycles. The van der Waals surface area contributed by atoms with E-state index in [1.807, 2.05) is 50.5 Å². The van der Waals surface area contributed by atoms with Gasteiger partial charge in [0.25, 0.3) is 0 Å². The third-order valence-electron chi connectivity index (χ3n) is 2.67. The Morgan fingerprint density at radius 1 is 1.19 bits per heavy atom. The Labute approximate surface area is 95.6 Å². The molecule has 0 bridgehead atoms. The topological polar surface area (TPSA) is 8.24 Å². The Bertz CT molecular complexity index is 565. The SMILES string of the molecule is [C-]#[N+]c1ccc(-c2cccc[n+]2C)c(C)c1. The van der Waals surface area contributed by atoms with Crippen LogP contribution in [0.1, 0.15) is 5.56 Å². The van der Waals surface area contributed by atoms with Crippen LogP contribution in [-0.4, -0.2) is 0 Å². The van der Waals surface area contributed by atoms with Crippen LogP contribution in [-0.2, 0) is 7.05 Å². The summed E-state index contributed by atoms with van der Waals surface area (Å²) < 4.78 is 2.08. The molecule has 0 aliphatic carbocycles. The van der Waals surface area contributed by atoms with Crippen molar-refractivity contribution < 1.29 is 4.57 Å². The van der Waals surface area contributed by atoms with Gasteiger partial charge in [0.05, 0.1) is 6.57 Å². The van der Waals surface area contributed by atoms with Gasteiger partial charge < -0.3 is 0 Å². The van der Waals surface area contributed by atoms with Crippen LogP contribution >= 0.6 is 0 Å². The maximum Gasteiger partial charge on any atom is 0.212 e. The summed E-state index contributed by atoms with van der Waals surface area (Å²) in [5, 5.41) is 0. The van der Waals surface area contributed by atoms with Crippen LogP contribution in [0.3, 0.4) is 0 Å². The molecule has 0 saturated carbocycles. The van der Waals surface area contributed by atoms with Gasteiger partial charge in [0.15, 0.2) is 11.9 Å². The molecule has 0 unspecified atom stereocenters. The highest BCUT2D eigenvalue weighted by atomic mass is 14.9. The molecule has 0 N–H and O–H groups in total. The summed E-state index contributed by atoms with van der Waals surface area (Å²) in [6, 6.07) is 11.9. The van der Waals surface area contributed by atoms with E-state index in [2.05, 4.69) is 15.5 Å². The van der Waals surface area contributed by atoms with Gasteiger partial charge >= 0.3 is 0 Å². The number of benzene rings is 1. The first-order valence-electron chi connectivity index (χ1n) is 5.15. The molecule has 2 nitrogen and oxygen atoms in total. The zero-order chi connectivity index (χ0) is 11.5. The van der Waals surface area contributed by atoms with E-state index >= 15 is 0 Å². The van der Waals surface area contributed by atoms with Crippen molar-refractivity contribution in [2.75, 3.05) is 0 Å². The number of hydrogen-bond acceptors (Lipinski definition) is 0. The molecule has 0 atom stereocenters. The molecule has 2 rings (SSSR count). The van der Waals surface area contributed by atoms with E-state index < -0.39 is 0 Å². The molecule has 78 valence electrons. The fourth-order valence-electron chi connectivity index (χ4n) is 1.81. The van der Waals surface area contributed by atoms with E-state index in [1.165, 1.54) is 5.56 Å². The van der Waals surface area contributed by atoms with Gasteiger partial charge in [0, 0.05) is 17.7 Å². The largest absolute Gasteiger partial charge is 0.238 e. The molecule has 16 heavy (non-hydrogen) atoms. The lowest BCUT2D eigenvalue weighted by molar-refractivity contribution is -0.660. The molecule has 0 spiro atoms. The number of rotatable bonds is 1. The predicted molar refractivity (Wildman–Crippen MR) is 64.1 cm³/mol. The Balaban J connectivity index is 2.58. The summed E-state index contributed by atoms with van der Waals surface area (Å²) in [5.74, 6) is 0. The highest BCUT2D eigenvalue weighted by Crippen LogP contribution is 2.24. The van der Waals surface area contributed by atoms with Gasteiger partial charge in [0.2, 0.25) is 5.69 Å². The number of aromatic nitrogens is 1. The Morgan fingerprint density at radius 3 is 2.62 bits per heavy atom. The molecule has 1 aromatic heterocycles. The quantitative estimate of drug-likeness (QED) is 0.504. The zero-order valence-electron chi connectivity index (χ0n) is 9.44. The van der Waals surface area contributed by atoms with Crippen molar-refractivity contribution in [2.24, 2.45) is 7.05 Å². The van der Waals surface area contributed by atoms with Crippen LogP contribution in [0.25, 0.3) is 16.1 Å². The lowest BCUT2D eigenvalue weighted by Gasteiger charge is -2.04. The number of nitrogens with zero attached hydrogens (tertiary/aromatic N) is 2. The van der Waals surface area contributed by atoms with Crippen molar-refractivity contribution in [3.05, 3.63) is 59.6 Å². The summed E-state index contributed by atoms with van der Waals surface area (Å²) in [6.45, 7) is 9.02. The lowest BCUT2D eigenvalue weighted by Crippen LogP contribution is -2.30. The van der Waals surface area contributed by atoms with Crippen LogP contribution in [0.4, 0.5) is 5.69 Å². The minimum Gasteiger partial charge on any atom is -0.238 e. The summed E-state index contributed by atoms with van der Waals surface area (Å²) in [6.07, 6.45) is 2.03. The molecule has 0 fully saturated rings. The van der Waals surface area contributed by atoms with Crippen molar-refractivity contribution in [2.45, 2.75) is 6.92 Å². The molecule has 1 heterocycles. The molecular formula is C14H13N2+. The fourth-order valence-corrected chi connectivity index (χ4v) is 1.81. The minimum atomic E-state index is 0.694. The van der Waals surface area contributed by atoms with E-state index in [-0.39, 0.29) is 0 Å². The molecule has 0 radical (unpaired) electrons. The van der Waals surface area contributed by atoms with Crippen LogP contribution in [0.2, 0.25) is 0 Å². The van der Waals surface area contributed by atoms with E-state index in [0.29, 0.717) is 5.69 Å². The van der Waals surface area contributed by atoms with Gasteiger partial charge in [-0.3, -0.25) is 0 Å². The third-order valence-corrected chi connectivity index (χ3v) is 2.67. The minimum absolute atomic E-state index is 0.694. The lowest BCUT2D eigenvalue weighted by atomic mass is 10.0. The molecule has 0 aliphatic rings. The van der Waals surface area contributed by atoms with Gasteiger partial charge in [-0.1, -0.05) is 18.2 Å². The first-order valence-corrected chi connectivity index (χ1v) is 5.15. The van der Waals surface area contributed by atoms with Crippen molar-refractivity contribution in [3.63, 3.8) is 0 Å². The third kappa shape index (κ3) is 1.80. The van der Waals surface area contributed by atoms with Crippen molar-refractivity contribution in [1.82, 2.24) is 0 Å². The number of hydrogen-bond donors (Lipinski definition) is 0. The first-order chi connectivity index (χ1) is 7.72. The normalized spacial score (nSPS) is 9.81. The van der Waals surface area contributed by atoms with Crippen LogP contribution in [0.5, 0.6) is 0 Å². The maximum atomic E-state index is 6.98. The Kier molecular flexibility index (Phi) is 2.70.